The van der Waals surface area contributed by atoms with Crippen molar-refractivity contribution in [3.8, 4) is 5.75 Å². The van der Waals surface area contributed by atoms with Crippen molar-refractivity contribution in [2.75, 3.05) is 0 Å². The topological polar surface area (TPSA) is 29.5 Å². The van der Waals surface area contributed by atoms with Gasteiger partial charge in [-0.1, -0.05) is 31.4 Å². The predicted molar refractivity (Wildman–Crippen MR) is 71.6 cm³/mol. The minimum atomic E-state index is -0.291. The number of benzene rings is 1. The molecule has 0 radical (unpaired) electrons. The predicted octanol–water partition coefficient (Wildman–Crippen LogP) is 3.84. The van der Waals surface area contributed by atoms with E-state index in [9.17, 15) is 5.11 Å². The van der Waals surface area contributed by atoms with Gasteiger partial charge in [0.1, 0.15) is 5.75 Å². The monoisotopic (exact) mass is 246 g/mol. The number of hydrogen-bond donors (Lipinski definition) is 1. The summed E-state index contributed by atoms with van der Waals surface area (Å²) >= 11 is 0. The van der Waals surface area contributed by atoms with Crippen molar-refractivity contribution in [3.63, 3.8) is 0 Å². The Bertz CT molecular complexity index is 375. The summed E-state index contributed by atoms with van der Waals surface area (Å²) in [4.78, 5) is 0. The van der Waals surface area contributed by atoms with Gasteiger partial charge in [0.25, 0.3) is 0 Å². The van der Waals surface area contributed by atoms with E-state index in [1.165, 1.54) is 44.9 Å². The van der Waals surface area contributed by atoms with E-state index in [0.29, 0.717) is 12.0 Å². The van der Waals surface area contributed by atoms with Gasteiger partial charge in [-0.2, -0.15) is 0 Å². The molecule has 1 N–H and O–H groups in total. The number of aliphatic hydroxyl groups excluding tert-OH is 1. The Morgan fingerprint density at radius 3 is 2.22 bits per heavy atom. The van der Waals surface area contributed by atoms with Crippen molar-refractivity contribution >= 4 is 0 Å². The van der Waals surface area contributed by atoms with E-state index < -0.39 is 0 Å². The Labute approximate surface area is 109 Å². The summed E-state index contributed by atoms with van der Waals surface area (Å²) in [5.74, 6) is 1.39. The first-order valence-corrected chi connectivity index (χ1v) is 7.27. The normalized spacial score (nSPS) is 22.7. The van der Waals surface area contributed by atoms with E-state index in [4.69, 9.17) is 4.74 Å². The molecule has 0 spiro atoms. The summed E-state index contributed by atoms with van der Waals surface area (Å²) in [5, 5.41) is 10.4. The van der Waals surface area contributed by atoms with Gasteiger partial charge >= 0.3 is 0 Å². The highest BCUT2D eigenvalue weighted by molar-refractivity contribution is 5.29. The molecule has 98 valence electrons. The van der Waals surface area contributed by atoms with Crippen LogP contribution in [0.2, 0.25) is 0 Å². The third kappa shape index (κ3) is 2.86. The fourth-order valence-corrected chi connectivity index (χ4v) is 2.84. The molecule has 0 heterocycles. The lowest BCUT2D eigenvalue weighted by Gasteiger charge is -2.26. The zero-order valence-corrected chi connectivity index (χ0v) is 10.8. The van der Waals surface area contributed by atoms with Gasteiger partial charge in [-0.15, -0.1) is 0 Å². The van der Waals surface area contributed by atoms with Gasteiger partial charge < -0.3 is 9.84 Å². The number of rotatable bonds is 4. The largest absolute Gasteiger partial charge is 0.490 e. The van der Waals surface area contributed by atoms with Gasteiger partial charge in [-0.3, -0.25) is 0 Å². The quantitative estimate of drug-likeness (QED) is 0.874. The van der Waals surface area contributed by atoms with Gasteiger partial charge in [0, 0.05) is 0 Å². The zero-order valence-electron chi connectivity index (χ0n) is 10.8. The van der Waals surface area contributed by atoms with E-state index in [2.05, 4.69) is 0 Å². The molecule has 0 saturated heterocycles. The zero-order chi connectivity index (χ0) is 12.4. The summed E-state index contributed by atoms with van der Waals surface area (Å²) < 4.78 is 5.72. The molecular weight excluding hydrogens is 224 g/mol. The van der Waals surface area contributed by atoms with Crippen LogP contribution in [0, 0.1) is 5.92 Å². The van der Waals surface area contributed by atoms with Gasteiger partial charge in [0.2, 0.25) is 0 Å². The Hall–Kier alpha value is -1.02. The molecule has 2 saturated carbocycles. The van der Waals surface area contributed by atoms with E-state index in [1.54, 1.807) is 0 Å². The summed E-state index contributed by atoms with van der Waals surface area (Å²) in [6.07, 6.45) is 8.73. The average Bonchev–Trinajstić information content (AvgIpc) is 3.24. The van der Waals surface area contributed by atoms with E-state index in [1.807, 2.05) is 24.3 Å². The van der Waals surface area contributed by atoms with Crippen molar-refractivity contribution in [1.29, 1.82) is 0 Å². The molecule has 2 fully saturated rings. The molecule has 2 nitrogen and oxygen atoms in total. The van der Waals surface area contributed by atoms with E-state index in [-0.39, 0.29) is 6.10 Å². The van der Waals surface area contributed by atoms with Crippen LogP contribution in [0.1, 0.15) is 56.6 Å². The maximum absolute atomic E-state index is 10.4. The maximum Gasteiger partial charge on any atom is 0.119 e. The second-order valence-corrected chi connectivity index (χ2v) is 5.73. The fraction of sp³-hybridized carbons (Fsp3) is 0.625. The van der Waals surface area contributed by atoms with E-state index in [0.717, 1.165) is 11.3 Å². The highest BCUT2D eigenvalue weighted by Crippen LogP contribution is 2.35. The Morgan fingerprint density at radius 1 is 0.944 bits per heavy atom. The highest BCUT2D eigenvalue weighted by atomic mass is 16.5. The lowest BCUT2D eigenvalue weighted by molar-refractivity contribution is 0.0848. The van der Waals surface area contributed by atoms with Crippen LogP contribution in [0.3, 0.4) is 0 Å². The van der Waals surface area contributed by atoms with E-state index >= 15 is 0 Å². The molecule has 2 aliphatic rings. The Balaban J connectivity index is 1.63. The standard InChI is InChI=1S/C16H22O2/c17-16(12-4-2-1-3-5-12)13-6-8-14(9-7-13)18-15-10-11-15/h6-9,12,15-17H,1-5,10-11H2. The highest BCUT2D eigenvalue weighted by Gasteiger charge is 2.25. The molecule has 2 aliphatic carbocycles. The number of aliphatic hydroxyl groups is 1. The smallest absolute Gasteiger partial charge is 0.119 e. The summed E-state index contributed by atoms with van der Waals surface area (Å²) in [6.45, 7) is 0. The molecule has 0 aliphatic heterocycles. The molecule has 0 bridgehead atoms. The van der Waals surface area contributed by atoms with Crippen LogP contribution in [-0.4, -0.2) is 11.2 Å². The molecule has 1 unspecified atom stereocenters. The van der Waals surface area contributed by atoms with Crippen LogP contribution in [0.25, 0.3) is 0 Å². The number of ether oxygens (including phenoxy) is 1. The molecule has 2 heteroatoms. The van der Waals surface area contributed by atoms with Crippen molar-refractivity contribution < 1.29 is 9.84 Å². The van der Waals surface area contributed by atoms with Crippen molar-refractivity contribution in [2.45, 2.75) is 57.2 Å². The molecule has 1 aromatic carbocycles. The minimum Gasteiger partial charge on any atom is -0.490 e. The van der Waals surface area contributed by atoms with Gasteiger partial charge in [-0.25, -0.2) is 0 Å². The van der Waals surface area contributed by atoms with Gasteiger partial charge in [0.15, 0.2) is 0 Å². The minimum absolute atomic E-state index is 0.291. The third-order valence-corrected chi connectivity index (χ3v) is 4.15. The molecule has 3 rings (SSSR count). The number of hydrogen-bond acceptors (Lipinski definition) is 2. The molecule has 0 amide bonds. The van der Waals surface area contributed by atoms with Gasteiger partial charge in [-0.05, 0) is 49.3 Å². The van der Waals surface area contributed by atoms with Crippen LogP contribution in [-0.2, 0) is 0 Å². The molecule has 1 atom stereocenters. The lowest BCUT2D eigenvalue weighted by Crippen LogP contribution is -2.15. The van der Waals surface area contributed by atoms with Crippen molar-refractivity contribution in [3.05, 3.63) is 29.8 Å². The first-order valence-electron chi connectivity index (χ1n) is 7.27. The maximum atomic E-state index is 10.4. The molecule has 18 heavy (non-hydrogen) atoms. The Morgan fingerprint density at radius 2 is 1.61 bits per heavy atom. The molecular formula is C16H22O2. The Kier molecular flexibility index (Phi) is 3.55. The fourth-order valence-electron chi connectivity index (χ4n) is 2.84. The first-order chi connectivity index (χ1) is 8.83. The average molecular weight is 246 g/mol. The van der Waals surface area contributed by atoms with Crippen molar-refractivity contribution in [1.82, 2.24) is 0 Å². The summed E-state index contributed by atoms with van der Waals surface area (Å²) in [5.41, 5.74) is 1.05. The first kappa shape index (κ1) is 12.0. The summed E-state index contributed by atoms with van der Waals surface area (Å²) in [6, 6.07) is 8.05. The second kappa shape index (κ2) is 5.31. The molecule has 1 aromatic rings. The van der Waals surface area contributed by atoms with Crippen LogP contribution >= 0.6 is 0 Å². The van der Waals surface area contributed by atoms with Crippen LogP contribution in [0.5, 0.6) is 5.75 Å². The van der Waals surface area contributed by atoms with Crippen molar-refractivity contribution in [2.24, 2.45) is 5.92 Å². The SMILES string of the molecule is OC(c1ccc(OC2CC2)cc1)C1CCCCC1. The van der Waals surface area contributed by atoms with Crippen LogP contribution in [0.4, 0.5) is 0 Å². The second-order valence-electron chi connectivity index (χ2n) is 5.73. The molecule has 0 aromatic heterocycles. The lowest BCUT2D eigenvalue weighted by atomic mass is 9.83. The van der Waals surface area contributed by atoms with Crippen LogP contribution < -0.4 is 4.74 Å². The van der Waals surface area contributed by atoms with Gasteiger partial charge in [0.05, 0.1) is 12.2 Å². The third-order valence-electron chi connectivity index (χ3n) is 4.15. The van der Waals surface area contributed by atoms with Crippen LogP contribution in [0.15, 0.2) is 24.3 Å². The summed E-state index contributed by atoms with van der Waals surface area (Å²) in [7, 11) is 0.